The fourth-order valence-electron chi connectivity index (χ4n) is 1.78. The number of nitrogens with zero attached hydrogens (tertiary/aromatic N) is 2. The zero-order valence-corrected chi connectivity index (χ0v) is 11.4. The molecule has 0 amide bonds. The molecular formula is C17H10F2N2O. The average Bonchev–Trinajstić information content (AvgIpc) is 2.52. The first-order chi connectivity index (χ1) is 10.6. The Bertz CT molecular complexity index is 785. The third-order valence-electron chi connectivity index (χ3n) is 2.79. The second-order valence-corrected chi connectivity index (χ2v) is 4.39. The van der Waals surface area contributed by atoms with Gasteiger partial charge in [0.05, 0.1) is 0 Å². The molecule has 5 heteroatoms. The molecule has 108 valence electrons. The van der Waals surface area contributed by atoms with Crippen molar-refractivity contribution in [2.45, 2.75) is 6.61 Å². The minimum Gasteiger partial charge on any atom is -0.486 e. The minimum absolute atomic E-state index is 0.0114. The van der Waals surface area contributed by atoms with E-state index in [-0.39, 0.29) is 17.9 Å². The van der Waals surface area contributed by atoms with E-state index in [4.69, 9.17) is 15.3 Å². The topological polar surface area (TPSA) is 56.8 Å². The highest BCUT2D eigenvalue weighted by atomic mass is 19.1. The summed E-state index contributed by atoms with van der Waals surface area (Å²) in [6.07, 6.45) is 1.45. The predicted octanol–water partition coefficient (Wildman–Crippen LogP) is 3.97. The minimum atomic E-state index is -0.771. The smallest absolute Gasteiger partial charge is 0.167 e. The van der Waals surface area contributed by atoms with Crippen LogP contribution in [0.3, 0.4) is 0 Å². The van der Waals surface area contributed by atoms with Crippen LogP contribution in [0.2, 0.25) is 0 Å². The standard InChI is InChI=1S/C17H10F2N2O/c18-15-4-5-17(16(19)8-15)22-11-13-3-1-2-12(6-13)7-14(9-20)10-21/h1-8H,11H2. The fourth-order valence-corrected chi connectivity index (χ4v) is 1.78. The largest absolute Gasteiger partial charge is 0.486 e. The number of nitriles is 2. The Morgan fingerprint density at radius 2 is 1.86 bits per heavy atom. The highest BCUT2D eigenvalue weighted by molar-refractivity contribution is 5.62. The summed E-state index contributed by atoms with van der Waals surface area (Å²) in [6.45, 7) is 0.0820. The number of hydrogen-bond donors (Lipinski definition) is 0. The van der Waals surface area contributed by atoms with Gasteiger partial charge < -0.3 is 4.74 Å². The van der Waals surface area contributed by atoms with E-state index in [1.54, 1.807) is 36.4 Å². The molecule has 0 heterocycles. The van der Waals surface area contributed by atoms with Crippen molar-refractivity contribution in [1.29, 1.82) is 10.5 Å². The third kappa shape index (κ3) is 3.91. The molecule has 0 spiro atoms. The first kappa shape index (κ1) is 15.2. The van der Waals surface area contributed by atoms with Crippen LogP contribution in [0.4, 0.5) is 8.78 Å². The van der Waals surface area contributed by atoms with Crippen molar-refractivity contribution in [1.82, 2.24) is 0 Å². The van der Waals surface area contributed by atoms with Gasteiger partial charge in [0.2, 0.25) is 0 Å². The first-order valence-electron chi connectivity index (χ1n) is 6.31. The molecule has 0 aliphatic carbocycles. The average molecular weight is 296 g/mol. The third-order valence-corrected chi connectivity index (χ3v) is 2.79. The van der Waals surface area contributed by atoms with Crippen LogP contribution < -0.4 is 4.74 Å². The van der Waals surface area contributed by atoms with Gasteiger partial charge in [-0.15, -0.1) is 0 Å². The van der Waals surface area contributed by atoms with Gasteiger partial charge in [-0.2, -0.15) is 10.5 Å². The Balaban J connectivity index is 2.13. The van der Waals surface area contributed by atoms with Crippen LogP contribution in [0, 0.1) is 34.3 Å². The monoisotopic (exact) mass is 296 g/mol. The van der Waals surface area contributed by atoms with E-state index in [9.17, 15) is 8.78 Å². The summed E-state index contributed by atoms with van der Waals surface area (Å²) in [5, 5.41) is 17.4. The molecule has 0 N–H and O–H groups in total. The Morgan fingerprint density at radius 3 is 2.55 bits per heavy atom. The molecule has 0 bridgehead atoms. The van der Waals surface area contributed by atoms with Gasteiger partial charge in [-0.25, -0.2) is 8.78 Å². The van der Waals surface area contributed by atoms with E-state index in [0.717, 1.165) is 17.7 Å². The van der Waals surface area contributed by atoms with Crippen LogP contribution >= 0.6 is 0 Å². The van der Waals surface area contributed by atoms with E-state index in [2.05, 4.69) is 0 Å². The molecule has 0 atom stereocenters. The van der Waals surface area contributed by atoms with Crippen LogP contribution in [0.25, 0.3) is 6.08 Å². The van der Waals surface area contributed by atoms with Crippen LogP contribution in [0.15, 0.2) is 48.0 Å². The normalized spacial score (nSPS) is 9.45. The van der Waals surface area contributed by atoms with E-state index >= 15 is 0 Å². The van der Waals surface area contributed by atoms with Crippen LogP contribution in [-0.4, -0.2) is 0 Å². The zero-order valence-electron chi connectivity index (χ0n) is 11.4. The Labute approximate surface area is 126 Å². The molecule has 2 aromatic rings. The Morgan fingerprint density at radius 1 is 1.09 bits per heavy atom. The number of allylic oxidation sites excluding steroid dienone is 1. The van der Waals surface area contributed by atoms with Gasteiger partial charge in [0, 0.05) is 6.07 Å². The van der Waals surface area contributed by atoms with Gasteiger partial charge >= 0.3 is 0 Å². The van der Waals surface area contributed by atoms with Crippen molar-refractivity contribution < 1.29 is 13.5 Å². The molecule has 0 saturated heterocycles. The molecule has 22 heavy (non-hydrogen) atoms. The highest BCUT2D eigenvalue weighted by Gasteiger charge is 2.05. The fraction of sp³-hybridized carbons (Fsp3) is 0.0588. The molecule has 0 aliphatic rings. The van der Waals surface area contributed by atoms with Crippen LogP contribution in [0.1, 0.15) is 11.1 Å². The van der Waals surface area contributed by atoms with Gasteiger partial charge in [0.1, 0.15) is 30.1 Å². The molecule has 0 saturated carbocycles. The van der Waals surface area contributed by atoms with Crippen molar-refractivity contribution in [2.24, 2.45) is 0 Å². The van der Waals surface area contributed by atoms with E-state index in [0.29, 0.717) is 5.56 Å². The molecule has 2 aromatic carbocycles. The molecule has 2 rings (SSSR count). The summed E-state index contributed by atoms with van der Waals surface area (Å²) in [5.74, 6) is -1.48. The maximum absolute atomic E-state index is 13.4. The van der Waals surface area contributed by atoms with Gasteiger partial charge in [-0.05, 0) is 35.4 Å². The summed E-state index contributed by atoms with van der Waals surface area (Å²) in [7, 11) is 0. The number of ether oxygens (including phenoxy) is 1. The molecule has 3 nitrogen and oxygen atoms in total. The summed E-state index contributed by atoms with van der Waals surface area (Å²) < 4.78 is 31.5. The lowest BCUT2D eigenvalue weighted by Gasteiger charge is -2.08. The lowest BCUT2D eigenvalue weighted by atomic mass is 10.1. The Kier molecular flexibility index (Phi) is 4.85. The number of halogens is 2. The van der Waals surface area contributed by atoms with Crippen molar-refractivity contribution in [2.75, 3.05) is 0 Å². The van der Waals surface area contributed by atoms with E-state index < -0.39 is 11.6 Å². The van der Waals surface area contributed by atoms with Crippen molar-refractivity contribution in [3.63, 3.8) is 0 Å². The second-order valence-electron chi connectivity index (χ2n) is 4.39. The van der Waals surface area contributed by atoms with Gasteiger partial charge in [-0.3, -0.25) is 0 Å². The molecule has 0 radical (unpaired) electrons. The molecule has 0 fully saturated rings. The number of hydrogen-bond acceptors (Lipinski definition) is 3. The summed E-state index contributed by atoms with van der Waals surface area (Å²) in [4.78, 5) is 0. The highest BCUT2D eigenvalue weighted by Crippen LogP contribution is 2.19. The van der Waals surface area contributed by atoms with Crippen molar-refractivity contribution in [3.05, 3.63) is 70.8 Å². The number of benzene rings is 2. The maximum Gasteiger partial charge on any atom is 0.167 e. The lowest BCUT2D eigenvalue weighted by molar-refractivity contribution is 0.289. The molecule has 0 aliphatic heterocycles. The van der Waals surface area contributed by atoms with Gasteiger partial charge in [0.15, 0.2) is 11.6 Å². The quantitative estimate of drug-likeness (QED) is 0.802. The molecule has 0 aromatic heterocycles. The zero-order chi connectivity index (χ0) is 15.9. The molecular weight excluding hydrogens is 286 g/mol. The summed E-state index contributed by atoms with van der Waals surface area (Å²) in [5.41, 5.74) is 1.38. The first-order valence-corrected chi connectivity index (χ1v) is 6.31. The van der Waals surface area contributed by atoms with Crippen LogP contribution in [0.5, 0.6) is 5.75 Å². The number of rotatable bonds is 4. The van der Waals surface area contributed by atoms with Gasteiger partial charge in [-0.1, -0.05) is 18.2 Å². The summed E-state index contributed by atoms with van der Waals surface area (Å²) in [6, 6.07) is 13.6. The second kappa shape index (κ2) is 7.01. The van der Waals surface area contributed by atoms with E-state index in [1.165, 1.54) is 12.1 Å². The van der Waals surface area contributed by atoms with Crippen molar-refractivity contribution in [3.8, 4) is 17.9 Å². The van der Waals surface area contributed by atoms with E-state index in [1.807, 2.05) is 0 Å². The maximum atomic E-state index is 13.4. The van der Waals surface area contributed by atoms with Crippen molar-refractivity contribution >= 4 is 6.08 Å². The van der Waals surface area contributed by atoms with Gasteiger partial charge in [0.25, 0.3) is 0 Å². The predicted molar refractivity (Wildman–Crippen MR) is 76.3 cm³/mol. The molecule has 0 unspecified atom stereocenters. The summed E-state index contributed by atoms with van der Waals surface area (Å²) >= 11 is 0. The SMILES string of the molecule is N#CC(C#N)=Cc1cccc(COc2ccc(F)cc2F)c1. The van der Waals surface area contributed by atoms with Crippen LogP contribution in [-0.2, 0) is 6.61 Å². The lowest BCUT2D eigenvalue weighted by Crippen LogP contribution is -1.98. The Hall–Kier alpha value is -3.18.